The van der Waals surface area contributed by atoms with Gasteiger partial charge in [0.05, 0.1) is 18.4 Å². The first-order chi connectivity index (χ1) is 12.0. The summed E-state index contributed by atoms with van der Waals surface area (Å²) in [5.41, 5.74) is 1.79. The molecule has 1 aromatic carbocycles. The van der Waals surface area contributed by atoms with Gasteiger partial charge in [-0.05, 0) is 26.0 Å². The molecule has 0 unspecified atom stereocenters. The second-order valence-corrected chi connectivity index (χ2v) is 6.20. The molecule has 0 aliphatic carbocycles. The van der Waals surface area contributed by atoms with Crippen molar-refractivity contribution in [3.05, 3.63) is 56.8 Å². The van der Waals surface area contributed by atoms with Gasteiger partial charge in [0, 0.05) is 21.3 Å². The molecule has 0 radical (unpaired) electrons. The minimum atomic E-state index is -0.696. The van der Waals surface area contributed by atoms with Gasteiger partial charge in [0.25, 0.3) is 0 Å². The van der Waals surface area contributed by atoms with E-state index in [1.54, 1.807) is 32.0 Å². The van der Waals surface area contributed by atoms with Gasteiger partial charge in [0.15, 0.2) is 0 Å². The van der Waals surface area contributed by atoms with Crippen molar-refractivity contribution in [1.82, 2.24) is 9.78 Å². The molecule has 128 valence electrons. The predicted octanol–water partition coefficient (Wildman–Crippen LogP) is 3.91. The van der Waals surface area contributed by atoms with Crippen molar-refractivity contribution < 1.29 is 9.53 Å². The number of fused-ring (bicyclic) bond motifs is 1. The van der Waals surface area contributed by atoms with Crippen molar-refractivity contribution in [3.8, 4) is 6.07 Å². The van der Waals surface area contributed by atoms with E-state index in [4.69, 9.17) is 27.9 Å². The Labute approximate surface area is 154 Å². The van der Waals surface area contributed by atoms with E-state index in [0.29, 0.717) is 38.3 Å². The summed E-state index contributed by atoms with van der Waals surface area (Å²) in [4.78, 5) is 12.6. The molecular formula is C17H14Cl2N4O2. The Bertz CT molecular complexity index is 907. The molecule has 0 fully saturated rings. The topological polar surface area (TPSA) is 79.9 Å². The summed E-state index contributed by atoms with van der Waals surface area (Å²) in [5, 5.41) is 17.4. The first kappa shape index (κ1) is 17.3. The number of allylic oxidation sites excluding steroid dienone is 1. The Morgan fingerprint density at radius 2 is 2.12 bits per heavy atom. The number of hydrogen-bond acceptors (Lipinski definition) is 5. The molecule has 0 spiro atoms. The van der Waals surface area contributed by atoms with Crippen molar-refractivity contribution in [3.63, 3.8) is 0 Å². The molecule has 0 saturated heterocycles. The molecular weight excluding hydrogens is 363 g/mol. The van der Waals surface area contributed by atoms with Gasteiger partial charge in [0.1, 0.15) is 23.5 Å². The Kier molecular flexibility index (Phi) is 4.71. The first-order valence-electron chi connectivity index (χ1n) is 7.56. The number of nitrogens with zero attached hydrogens (tertiary/aromatic N) is 3. The van der Waals surface area contributed by atoms with E-state index in [9.17, 15) is 10.1 Å². The SMILES string of the molecule is CCOC(=O)C1=C(C)Nc2c(C#N)cnn2[C@H]1c1c(Cl)cccc1Cl. The zero-order valence-corrected chi connectivity index (χ0v) is 15.0. The summed E-state index contributed by atoms with van der Waals surface area (Å²) >= 11 is 12.8. The second-order valence-electron chi connectivity index (χ2n) is 5.39. The Morgan fingerprint density at radius 1 is 1.44 bits per heavy atom. The molecule has 0 saturated carbocycles. The van der Waals surface area contributed by atoms with Crippen LogP contribution >= 0.6 is 23.2 Å². The third kappa shape index (κ3) is 2.86. The maximum absolute atomic E-state index is 12.6. The number of nitrogens with one attached hydrogen (secondary N) is 1. The molecule has 2 aromatic rings. The lowest BCUT2D eigenvalue weighted by atomic mass is 9.95. The summed E-state index contributed by atoms with van der Waals surface area (Å²) in [6, 6.07) is 6.49. The molecule has 1 aromatic heterocycles. The predicted molar refractivity (Wildman–Crippen MR) is 94.5 cm³/mol. The van der Waals surface area contributed by atoms with Crippen LogP contribution in [0.5, 0.6) is 0 Å². The fourth-order valence-corrected chi connectivity index (χ4v) is 3.45. The highest BCUT2D eigenvalue weighted by atomic mass is 35.5. The van der Waals surface area contributed by atoms with E-state index in [0.717, 1.165) is 0 Å². The number of anilines is 1. The van der Waals surface area contributed by atoms with E-state index in [-0.39, 0.29) is 6.61 Å². The van der Waals surface area contributed by atoms with Crippen LogP contribution in [0.1, 0.15) is 31.0 Å². The van der Waals surface area contributed by atoms with E-state index in [2.05, 4.69) is 16.5 Å². The summed E-state index contributed by atoms with van der Waals surface area (Å²) in [5.74, 6) is -0.0119. The maximum atomic E-state index is 12.6. The summed E-state index contributed by atoms with van der Waals surface area (Å²) in [6.07, 6.45) is 1.43. The van der Waals surface area contributed by atoms with Crippen LogP contribution in [0, 0.1) is 11.3 Å². The van der Waals surface area contributed by atoms with Crippen LogP contribution in [0.3, 0.4) is 0 Å². The number of esters is 1. The zero-order valence-electron chi connectivity index (χ0n) is 13.5. The standard InChI is InChI=1S/C17H14Cl2N4O2/c1-3-25-17(24)13-9(2)22-16-10(7-20)8-21-23(16)15(13)14-11(18)5-4-6-12(14)19/h4-6,8,15,22H,3H2,1-2H3/t15-/m1/s1. The van der Waals surface area contributed by atoms with Gasteiger partial charge in [-0.1, -0.05) is 29.3 Å². The summed E-state index contributed by atoms with van der Waals surface area (Å²) in [6.45, 7) is 3.70. The monoisotopic (exact) mass is 376 g/mol. The highest BCUT2D eigenvalue weighted by Crippen LogP contribution is 2.42. The average molecular weight is 377 g/mol. The minimum Gasteiger partial charge on any atom is -0.463 e. The zero-order chi connectivity index (χ0) is 18.1. The average Bonchev–Trinajstić information content (AvgIpc) is 2.97. The smallest absolute Gasteiger partial charge is 0.338 e. The van der Waals surface area contributed by atoms with Gasteiger partial charge in [-0.25, -0.2) is 9.48 Å². The first-order valence-corrected chi connectivity index (χ1v) is 8.31. The van der Waals surface area contributed by atoms with Gasteiger partial charge in [-0.2, -0.15) is 10.4 Å². The van der Waals surface area contributed by atoms with Crippen LogP contribution in [0.15, 0.2) is 35.7 Å². The van der Waals surface area contributed by atoms with E-state index in [1.807, 2.05) is 0 Å². The number of nitriles is 1. The largest absolute Gasteiger partial charge is 0.463 e. The number of ether oxygens (including phenoxy) is 1. The molecule has 2 heterocycles. The van der Waals surface area contributed by atoms with Crippen molar-refractivity contribution >= 4 is 35.0 Å². The van der Waals surface area contributed by atoms with Gasteiger partial charge < -0.3 is 10.1 Å². The van der Waals surface area contributed by atoms with E-state index >= 15 is 0 Å². The number of rotatable bonds is 3. The van der Waals surface area contributed by atoms with Crippen LogP contribution < -0.4 is 5.32 Å². The fourth-order valence-electron chi connectivity index (χ4n) is 2.85. The number of carbonyl (C=O) groups is 1. The highest BCUT2D eigenvalue weighted by Gasteiger charge is 2.37. The van der Waals surface area contributed by atoms with Crippen molar-refractivity contribution in [2.24, 2.45) is 0 Å². The van der Waals surface area contributed by atoms with Crippen LogP contribution in [0.2, 0.25) is 10.0 Å². The molecule has 25 heavy (non-hydrogen) atoms. The molecule has 1 aliphatic heterocycles. The van der Waals surface area contributed by atoms with E-state index < -0.39 is 12.0 Å². The van der Waals surface area contributed by atoms with Crippen molar-refractivity contribution in [2.45, 2.75) is 19.9 Å². The van der Waals surface area contributed by atoms with Gasteiger partial charge in [-0.3, -0.25) is 0 Å². The second kappa shape index (κ2) is 6.79. The van der Waals surface area contributed by atoms with Crippen LogP contribution in [0.4, 0.5) is 5.82 Å². The van der Waals surface area contributed by atoms with Crippen LogP contribution in [-0.4, -0.2) is 22.4 Å². The molecule has 6 nitrogen and oxygen atoms in total. The Morgan fingerprint density at radius 3 is 2.72 bits per heavy atom. The van der Waals surface area contributed by atoms with Crippen molar-refractivity contribution in [2.75, 3.05) is 11.9 Å². The highest BCUT2D eigenvalue weighted by molar-refractivity contribution is 6.36. The molecule has 0 amide bonds. The molecule has 1 atom stereocenters. The molecule has 8 heteroatoms. The Hall–Kier alpha value is -2.49. The molecule has 3 rings (SSSR count). The number of carbonyl (C=O) groups excluding carboxylic acids is 1. The van der Waals surface area contributed by atoms with Crippen LogP contribution in [0.25, 0.3) is 0 Å². The van der Waals surface area contributed by atoms with Crippen LogP contribution in [-0.2, 0) is 9.53 Å². The third-order valence-corrected chi connectivity index (χ3v) is 4.57. The van der Waals surface area contributed by atoms with Crippen molar-refractivity contribution in [1.29, 1.82) is 5.26 Å². The quantitative estimate of drug-likeness (QED) is 0.821. The lowest BCUT2D eigenvalue weighted by molar-refractivity contribution is -0.139. The number of halogens is 2. The minimum absolute atomic E-state index is 0.230. The van der Waals surface area contributed by atoms with Gasteiger partial charge >= 0.3 is 5.97 Å². The third-order valence-electron chi connectivity index (χ3n) is 3.91. The normalized spacial score (nSPS) is 16.0. The number of hydrogen-bond donors (Lipinski definition) is 1. The van der Waals surface area contributed by atoms with E-state index in [1.165, 1.54) is 10.9 Å². The lowest BCUT2D eigenvalue weighted by Crippen LogP contribution is -2.30. The number of aromatic nitrogens is 2. The maximum Gasteiger partial charge on any atom is 0.338 e. The van der Waals surface area contributed by atoms with Gasteiger partial charge in [0.2, 0.25) is 0 Å². The Balaban J connectivity index is 2.28. The summed E-state index contributed by atoms with van der Waals surface area (Å²) in [7, 11) is 0. The molecule has 0 bridgehead atoms. The molecule has 1 N–H and O–H groups in total. The summed E-state index contributed by atoms with van der Waals surface area (Å²) < 4.78 is 6.73. The lowest BCUT2D eigenvalue weighted by Gasteiger charge is -2.30. The number of benzene rings is 1. The van der Waals surface area contributed by atoms with Gasteiger partial charge in [-0.15, -0.1) is 0 Å². The fraction of sp³-hybridized carbons (Fsp3) is 0.235. The molecule has 1 aliphatic rings.